The normalized spacial score (nSPS) is 20.1. The smallest absolute Gasteiger partial charge is 0.121 e. The van der Waals surface area contributed by atoms with Crippen LogP contribution in [0, 0.1) is 0 Å². The lowest BCUT2D eigenvalue weighted by Gasteiger charge is -2.41. The molecule has 0 aliphatic heterocycles. The summed E-state index contributed by atoms with van der Waals surface area (Å²) in [6.45, 7) is 0. The van der Waals surface area contributed by atoms with Gasteiger partial charge in [-0.1, -0.05) is 49.6 Å². The van der Waals surface area contributed by atoms with Crippen molar-refractivity contribution in [3.63, 3.8) is 0 Å². The predicted octanol–water partition coefficient (Wildman–Crippen LogP) is 4.18. The van der Waals surface area contributed by atoms with Gasteiger partial charge >= 0.3 is 0 Å². The standard InChI is InChI=1S/C17H21NO/c18-16(15-10-7-13-19-15)17(11-5-2-6-12-17)14-8-3-1-4-9-14/h1,3-4,7-10,13,16H,2,5-6,11-12,18H2. The molecule has 100 valence electrons. The summed E-state index contributed by atoms with van der Waals surface area (Å²) in [4.78, 5) is 0. The van der Waals surface area contributed by atoms with Crippen LogP contribution in [0.3, 0.4) is 0 Å². The third-order valence-corrected chi connectivity index (χ3v) is 4.54. The first-order chi connectivity index (χ1) is 9.33. The maximum atomic E-state index is 6.59. The fourth-order valence-corrected chi connectivity index (χ4v) is 3.47. The van der Waals surface area contributed by atoms with Crippen LogP contribution in [0.15, 0.2) is 53.1 Å². The summed E-state index contributed by atoms with van der Waals surface area (Å²) in [5.41, 5.74) is 7.99. The Morgan fingerprint density at radius 2 is 1.68 bits per heavy atom. The minimum Gasteiger partial charge on any atom is -0.468 e. The highest BCUT2D eigenvalue weighted by Gasteiger charge is 2.41. The average molecular weight is 255 g/mol. The Morgan fingerprint density at radius 3 is 2.32 bits per heavy atom. The molecule has 1 fully saturated rings. The Morgan fingerprint density at radius 1 is 0.947 bits per heavy atom. The fourth-order valence-electron chi connectivity index (χ4n) is 3.47. The molecule has 0 amide bonds. The lowest BCUT2D eigenvalue weighted by Crippen LogP contribution is -2.40. The van der Waals surface area contributed by atoms with Crippen molar-refractivity contribution in [2.75, 3.05) is 0 Å². The molecule has 0 saturated heterocycles. The summed E-state index contributed by atoms with van der Waals surface area (Å²) in [6.07, 6.45) is 7.85. The van der Waals surface area contributed by atoms with Gasteiger partial charge in [-0.3, -0.25) is 0 Å². The van der Waals surface area contributed by atoms with Crippen LogP contribution in [0.2, 0.25) is 0 Å². The second-order valence-corrected chi connectivity index (χ2v) is 5.58. The zero-order chi connectivity index (χ0) is 13.1. The Hall–Kier alpha value is -1.54. The summed E-state index contributed by atoms with van der Waals surface area (Å²) in [5.74, 6) is 0.908. The molecule has 1 aromatic carbocycles. The van der Waals surface area contributed by atoms with Gasteiger partial charge in [0.25, 0.3) is 0 Å². The van der Waals surface area contributed by atoms with Crippen molar-refractivity contribution >= 4 is 0 Å². The number of hydrogen-bond donors (Lipinski definition) is 1. The van der Waals surface area contributed by atoms with E-state index in [1.54, 1.807) is 6.26 Å². The van der Waals surface area contributed by atoms with Gasteiger partial charge in [0.15, 0.2) is 0 Å². The quantitative estimate of drug-likeness (QED) is 0.893. The van der Waals surface area contributed by atoms with Gasteiger partial charge in [0, 0.05) is 5.41 Å². The van der Waals surface area contributed by atoms with Crippen LogP contribution in [0.25, 0.3) is 0 Å². The zero-order valence-electron chi connectivity index (χ0n) is 11.2. The molecule has 2 nitrogen and oxygen atoms in total. The first-order valence-corrected chi connectivity index (χ1v) is 7.17. The fraction of sp³-hybridized carbons (Fsp3) is 0.412. The van der Waals surface area contributed by atoms with Gasteiger partial charge in [-0.25, -0.2) is 0 Å². The van der Waals surface area contributed by atoms with E-state index < -0.39 is 0 Å². The topological polar surface area (TPSA) is 39.2 Å². The molecule has 1 aliphatic carbocycles. The zero-order valence-corrected chi connectivity index (χ0v) is 11.2. The number of hydrogen-bond acceptors (Lipinski definition) is 2. The summed E-state index contributed by atoms with van der Waals surface area (Å²) in [5, 5.41) is 0. The highest BCUT2D eigenvalue weighted by Crippen LogP contribution is 2.47. The monoisotopic (exact) mass is 255 g/mol. The SMILES string of the molecule is NC(c1ccco1)C1(c2ccccc2)CCCCC1. The van der Waals surface area contributed by atoms with E-state index in [0.717, 1.165) is 18.6 Å². The highest BCUT2D eigenvalue weighted by molar-refractivity contribution is 5.30. The Balaban J connectivity index is 2.02. The van der Waals surface area contributed by atoms with Crippen molar-refractivity contribution in [2.24, 2.45) is 5.73 Å². The minimum absolute atomic E-state index is 0.0391. The van der Waals surface area contributed by atoms with Gasteiger partial charge in [0.2, 0.25) is 0 Å². The van der Waals surface area contributed by atoms with Crippen LogP contribution in [0.4, 0.5) is 0 Å². The minimum atomic E-state index is -0.0507. The molecule has 19 heavy (non-hydrogen) atoms. The number of rotatable bonds is 3. The number of benzene rings is 1. The van der Waals surface area contributed by atoms with Crippen molar-refractivity contribution in [1.29, 1.82) is 0 Å². The van der Waals surface area contributed by atoms with Crippen molar-refractivity contribution in [3.05, 3.63) is 60.1 Å². The Bertz CT molecular complexity index is 497. The summed E-state index contributed by atoms with van der Waals surface area (Å²) in [6, 6.07) is 14.6. The van der Waals surface area contributed by atoms with Crippen LogP contribution < -0.4 is 5.73 Å². The van der Waals surface area contributed by atoms with E-state index in [0.29, 0.717) is 0 Å². The molecule has 1 aromatic heterocycles. The summed E-state index contributed by atoms with van der Waals surface area (Å²) in [7, 11) is 0. The van der Waals surface area contributed by atoms with Crippen molar-refractivity contribution in [3.8, 4) is 0 Å². The first kappa shape index (κ1) is 12.5. The number of nitrogens with two attached hydrogens (primary N) is 1. The summed E-state index contributed by atoms with van der Waals surface area (Å²) >= 11 is 0. The molecular formula is C17H21NO. The van der Waals surface area contributed by atoms with Gasteiger partial charge < -0.3 is 10.2 Å². The van der Waals surface area contributed by atoms with Crippen LogP contribution in [-0.2, 0) is 5.41 Å². The third-order valence-electron chi connectivity index (χ3n) is 4.54. The molecule has 1 saturated carbocycles. The number of furan rings is 1. The van der Waals surface area contributed by atoms with Crippen molar-refractivity contribution in [2.45, 2.75) is 43.6 Å². The molecule has 1 aliphatic rings. The van der Waals surface area contributed by atoms with Crippen LogP contribution in [0.5, 0.6) is 0 Å². The van der Waals surface area contributed by atoms with E-state index in [9.17, 15) is 0 Å². The molecule has 3 rings (SSSR count). The van der Waals surface area contributed by atoms with E-state index in [1.807, 2.05) is 12.1 Å². The molecule has 1 atom stereocenters. The van der Waals surface area contributed by atoms with Gasteiger partial charge in [0.1, 0.15) is 5.76 Å². The first-order valence-electron chi connectivity index (χ1n) is 7.17. The largest absolute Gasteiger partial charge is 0.468 e. The molecule has 2 heteroatoms. The van der Waals surface area contributed by atoms with Gasteiger partial charge in [0.05, 0.1) is 12.3 Å². The maximum absolute atomic E-state index is 6.59. The molecule has 0 radical (unpaired) electrons. The average Bonchev–Trinajstić information content (AvgIpc) is 3.02. The van der Waals surface area contributed by atoms with Crippen LogP contribution in [-0.4, -0.2) is 0 Å². The lowest BCUT2D eigenvalue weighted by molar-refractivity contribution is 0.223. The second kappa shape index (κ2) is 5.22. The van der Waals surface area contributed by atoms with E-state index in [1.165, 1.54) is 24.8 Å². The van der Waals surface area contributed by atoms with E-state index >= 15 is 0 Å². The van der Waals surface area contributed by atoms with E-state index in [4.69, 9.17) is 10.2 Å². The van der Waals surface area contributed by atoms with Crippen LogP contribution in [0.1, 0.15) is 49.5 Å². The van der Waals surface area contributed by atoms with Gasteiger partial charge in [-0.15, -0.1) is 0 Å². The highest BCUT2D eigenvalue weighted by atomic mass is 16.3. The molecule has 1 unspecified atom stereocenters. The van der Waals surface area contributed by atoms with Crippen molar-refractivity contribution < 1.29 is 4.42 Å². The molecule has 2 aromatic rings. The van der Waals surface area contributed by atoms with E-state index in [2.05, 4.69) is 30.3 Å². The predicted molar refractivity (Wildman–Crippen MR) is 76.8 cm³/mol. The van der Waals surface area contributed by atoms with Gasteiger partial charge in [-0.05, 0) is 30.5 Å². The van der Waals surface area contributed by atoms with Gasteiger partial charge in [-0.2, -0.15) is 0 Å². The maximum Gasteiger partial charge on any atom is 0.121 e. The Labute approximate surface area is 114 Å². The molecule has 0 bridgehead atoms. The van der Waals surface area contributed by atoms with E-state index in [-0.39, 0.29) is 11.5 Å². The second-order valence-electron chi connectivity index (χ2n) is 5.58. The molecule has 1 heterocycles. The molecule has 2 N–H and O–H groups in total. The Kier molecular flexibility index (Phi) is 3.43. The van der Waals surface area contributed by atoms with Crippen LogP contribution >= 0.6 is 0 Å². The lowest BCUT2D eigenvalue weighted by atomic mass is 9.64. The summed E-state index contributed by atoms with van der Waals surface area (Å²) < 4.78 is 5.57. The van der Waals surface area contributed by atoms with Crippen molar-refractivity contribution in [1.82, 2.24) is 0 Å². The molecule has 0 spiro atoms. The molecular weight excluding hydrogens is 234 g/mol. The third kappa shape index (κ3) is 2.21.